The number of hydrogen-bond donors (Lipinski definition) is 1. The Hall–Kier alpha value is -0.530. The zero-order chi connectivity index (χ0) is 4.99. The standard InChI is InChI=1S/C4H7FO/c1-4(6)2-3-5/h6H,1-3H2. The van der Waals surface area contributed by atoms with Crippen molar-refractivity contribution in [3.8, 4) is 0 Å². The Balaban J connectivity index is 2.83. The van der Waals surface area contributed by atoms with Gasteiger partial charge in [-0.05, 0) is 0 Å². The van der Waals surface area contributed by atoms with Crippen molar-refractivity contribution >= 4 is 0 Å². The quantitative estimate of drug-likeness (QED) is 0.508. The molecule has 0 aliphatic carbocycles. The molecule has 6 heavy (non-hydrogen) atoms. The second kappa shape index (κ2) is 2.69. The summed E-state index contributed by atoms with van der Waals surface area (Å²) < 4.78 is 11.0. The molecule has 0 aliphatic rings. The van der Waals surface area contributed by atoms with E-state index in [1.54, 1.807) is 0 Å². The Morgan fingerprint density at radius 1 is 1.83 bits per heavy atom. The highest BCUT2D eigenvalue weighted by Gasteiger charge is 1.82. The lowest BCUT2D eigenvalue weighted by atomic mass is 10.4. The van der Waals surface area contributed by atoms with Crippen LogP contribution in [0.5, 0.6) is 0 Å². The van der Waals surface area contributed by atoms with E-state index >= 15 is 0 Å². The van der Waals surface area contributed by atoms with Crippen LogP contribution in [0.3, 0.4) is 0 Å². The number of rotatable bonds is 2. The van der Waals surface area contributed by atoms with E-state index in [1.165, 1.54) is 0 Å². The monoisotopic (exact) mass is 90.0 g/mol. The van der Waals surface area contributed by atoms with Crippen LogP contribution < -0.4 is 0 Å². The smallest absolute Gasteiger partial charge is 0.0964 e. The summed E-state index contributed by atoms with van der Waals surface area (Å²) in [5, 5.41) is 8.12. The molecule has 0 spiro atoms. The SMILES string of the molecule is C=C(O)CCF. The van der Waals surface area contributed by atoms with Gasteiger partial charge < -0.3 is 5.11 Å². The summed E-state index contributed by atoms with van der Waals surface area (Å²) in [4.78, 5) is 0. The Bertz CT molecular complexity index is 51.5. The van der Waals surface area contributed by atoms with Crippen molar-refractivity contribution in [3.05, 3.63) is 12.3 Å². The molecule has 0 saturated heterocycles. The largest absolute Gasteiger partial charge is 0.513 e. The summed E-state index contributed by atoms with van der Waals surface area (Å²) in [5.74, 6) is -0.0856. The van der Waals surface area contributed by atoms with Crippen LogP contribution >= 0.6 is 0 Å². The average molecular weight is 90.1 g/mol. The fraction of sp³-hybridized carbons (Fsp3) is 0.500. The van der Waals surface area contributed by atoms with Crippen LogP contribution in [0.4, 0.5) is 4.39 Å². The number of alkyl halides is 1. The van der Waals surface area contributed by atoms with Gasteiger partial charge in [0.2, 0.25) is 0 Å². The highest BCUT2D eigenvalue weighted by Crippen LogP contribution is 1.88. The van der Waals surface area contributed by atoms with Crippen molar-refractivity contribution in [2.75, 3.05) is 6.67 Å². The molecule has 0 saturated carbocycles. The normalized spacial score (nSPS) is 8.17. The van der Waals surface area contributed by atoms with Gasteiger partial charge in [0.05, 0.1) is 12.4 Å². The third kappa shape index (κ3) is 3.47. The third-order valence-corrected chi connectivity index (χ3v) is 0.383. The molecule has 0 atom stereocenters. The summed E-state index contributed by atoms with van der Waals surface area (Å²) in [7, 11) is 0. The Kier molecular flexibility index (Phi) is 2.46. The van der Waals surface area contributed by atoms with E-state index in [4.69, 9.17) is 5.11 Å². The summed E-state index contributed by atoms with van der Waals surface area (Å²) in [6, 6.07) is 0. The summed E-state index contributed by atoms with van der Waals surface area (Å²) in [6.45, 7) is 2.54. The maximum Gasteiger partial charge on any atom is 0.0964 e. The van der Waals surface area contributed by atoms with Crippen molar-refractivity contribution in [1.29, 1.82) is 0 Å². The van der Waals surface area contributed by atoms with Crippen LogP contribution in [0.2, 0.25) is 0 Å². The van der Waals surface area contributed by atoms with E-state index in [9.17, 15) is 4.39 Å². The van der Waals surface area contributed by atoms with Crippen molar-refractivity contribution in [2.45, 2.75) is 6.42 Å². The van der Waals surface area contributed by atoms with Gasteiger partial charge in [0, 0.05) is 6.42 Å². The second-order valence-electron chi connectivity index (χ2n) is 1.01. The van der Waals surface area contributed by atoms with Crippen molar-refractivity contribution < 1.29 is 9.50 Å². The van der Waals surface area contributed by atoms with E-state index in [-0.39, 0.29) is 12.2 Å². The molecule has 2 heteroatoms. The summed E-state index contributed by atoms with van der Waals surface area (Å²) in [6.07, 6.45) is 0.0694. The lowest BCUT2D eigenvalue weighted by molar-refractivity contribution is 0.361. The molecule has 0 aromatic rings. The topological polar surface area (TPSA) is 20.2 Å². The van der Waals surface area contributed by atoms with Gasteiger partial charge in [0.15, 0.2) is 0 Å². The van der Waals surface area contributed by atoms with Crippen LogP contribution in [-0.4, -0.2) is 11.8 Å². The molecule has 0 unspecified atom stereocenters. The van der Waals surface area contributed by atoms with Crippen LogP contribution in [0.1, 0.15) is 6.42 Å². The summed E-state index contributed by atoms with van der Waals surface area (Å²) >= 11 is 0. The molecule has 0 heterocycles. The van der Waals surface area contributed by atoms with Crippen LogP contribution in [-0.2, 0) is 0 Å². The zero-order valence-corrected chi connectivity index (χ0v) is 3.45. The zero-order valence-electron chi connectivity index (χ0n) is 3.45. The van der Waals surface area contributed by atoms with E-state index in [0.29, 0.717) is 0 Å². The van der Waals surface area contributed by atoms with Crippen molar-refractivity contribution in [1.82, 2.24) is 0 Å². The van der Waals surface area contributed by atoms with E-state index in [2.05, 4.69) is 6.58 Å². The molecule has 0 rings (SSSR count). The summed E-state index contributed by atoms with van der Waals surface area (Å²) in [5.41, 5.74) is 0. The first kappa shape index (κ1) is 5.47. The molecule has 0 aliphatic heterocycles. The van der Waals surface area contributed by atoms with E-state index < -0.39 is 6.67 Å². The average Bonchev–Trinajstić information content (AvgIpc) is 1.35. The molecular weight excluding hydrogens is 83.0 g/mol. The predicted molar refractivity (Wildman–Crippen MR) is 22.4 cm³/mol. The first-order valence-electron chi connectivity index (χ1n) is 1.70. The molecule has 1 nitrogen and oxygen atoms in total. The van der Waals surface area contributed by atoms with Crippen LogP contribution in [0.15, 0.2) is 12.3 Å². The van der Waals surface area contributed by atoms with Crippen LogP contribution in [0, 0.1) is 0 Å². The van der Waals surface area contributed by atoms with Gasteiger partial charge in [0.1, 0.15) is 0 Å². The highest BCUT2D eigenvalue weighted by molar-refractivity contribution is 4.76. The predicted octanol–water partition coefficient (Wildman–Crippen LogP) is 1.42. The maximum atomic E-state index is 11.0. The lowest BCUT2D eigenvalue weighted by Gasteiger charge is -1.84. The highest BCUT2D eigenvalue weighted by atomic mass is 19.1. The van der Waals surface area contributed by atoms with Gasteiger partial charge >= 0.3 is 0 Å². The first-order valence-corrected chi connectivity index (χ1v) is 1.70. The Morgan fingerprint density at radius 3 is 2.33 bits per heavy atom. The molecule has 36 valence electrons. The second-order valence-corrected chi connectivity index (χ2v) is 1.01. The molecule has 0 aromatic heterocycles. The first-order chi connectivity index (χ1) is 2.77. The van der Waals surface area contributed by atoms with Crippen molar-refractivity contribution in [2.24, 2.45) is 0 Å². The molecule has 0 aromatic carbocycles. The third-order valence-electron chi connectivity index (χ3n) is 0.383. The van der Waals surface area contributed by atoms with Gasteiger partial charge in [-0.25, -0.2) is 0 Å². The van der Waals surface area contributed by atoms with Crippen molar-refractivity contribution in [3.63, 3.8) is 0 Å². The Labute approximate surface area is 36.1 Å². The van der Waals surface area contributed by atoms with Gasteiger partial charge in [-0.15, -0.1) is 0 Å². The van der Waals surface area contributed by atoms with Crippen LogP contribution in [0.25, 0.3) is 0 Å². The van der Waals surface area contributed by atoms with Gasteiger partial charge in [-0.3, -0.25) is 4.39 Å². The van der Waals surface area contributed by atoms with E-state index in [0.717, 1.165) is 0 Å². The number of aliphatic hydroxyl groups is 1. The number of allylic oxidation sites excluding steroid dienone is 1. The van der Waals surface area contributed by atoms with Gasteiger partial charge in [-0.1, -0.05) is 6.58 Å². The Morgan fingerprint density at radius 2 is 2.33 bits per heavy atom. The molecule has 0 radical (unpaired) electrons. The number of halogens is 1. The molecule has 0 amide bonds. The number of hydrogen-bond acceptors (Lipinski definition) is 1. The molecule has 1 N–H and O–H groups in total. The fourth-order valence-electron chi connectivity index (χ4n) is 0.109. The minimum atomic E-state index is -0.519. The minimum Gasteiger partial charge on any atom is -0.513 e. The molecular formula is C4H7FO. The fourth-order valence-corrected chi connectivity index (χ4v) is 0.109. The molecule has 0 bridgehead atoms. The maximum absolute atomic E-state index is 11.0. The lowest BCUT2D eigenvalue weighted by Crippen LogP contribution is -1.77. The number of aliphatic hydroxyl groups excluding tert-OH is 1. The molecule has 0 fully saturated rings. The van der Waals surface area contributed by atoms with Gasteiger partial charge in [0.25, 0.3) is 0 Å². The van der Waals surface area contributed by atoms with Gasteiger partial charge in [-0.2, -0.15) is 0 Å². The van der Waals surface area contributed by atoms with E-state index in [1.807, 2.05) is 0 Å². The minimum absolute atomic E-state index is 0.0694.